The Labute approximate surface area is 162 Å². The van der Waals surface area contributed by atoms with Crippen molar-refractivity contribution >= 4 is 45.5 Å². The molecule has 0 fully saturated rings. The molecule has 6 nitrogen and oxygen atoms in total. The first kappa shape index (κ1) is 20.2. The van der Waals surface area contributed by atoms with Crippen molar-refractivity contribution in [2.24, 2.45) is 4.40 Å². The molecule has 0 aromatic heterocycles. The standard InChI is InChI=1S/C17H17Cl2N3O3S/c1-22(2)11-21-26(24,25)16-9-12(7-8-15(16)19)17(23)20-10-13-5-3-4-6-14(13)18/h3-9,11H,10H2,1-2H3,(H,20,23). The monoisotopic (exact) mass is 413 g/mol. The number of benzene rings is 2. The van der Waals surface area contributed by atoms with Crippen molar-refractivity contribution in [3.8, 4) is 0 Å². The van der Waals surface area contributed by atoms with E-state index in [4.69, 9.17) is 23.2 Å². The van der Waals surface area contributed by atoms with Gasteiger partial charge in [-0.15, -0.1) is 4.40 Å². The van der Waals surface area contributed by atoms with Crippen molar-refractivity contribution in [1.29, 1.82) is 0 Å². The Kier molecular flexibility index (Phi) is 6.63. The van der Waals surface area contributed by atoms with Crippen LogP contribution >= 0.6 is 23.2 Å². The molecule has 26 heavy (non-hydrogen) atoms. The molecule has 0 saturated carbocycles. The average molecular weight is 414 g/mol. The molecule has 9 heteroatoms. The minimum atomic E-state index is -4.02. The van der Waals surface area contributed by atoms with E-state index in [0.29, 0.717) is 5.02 Å². The summed E-state index contributed by atoms with van der Waals surface area (Å²) in [6, 6.07) is 11.1. The number of carbonyl (C=O) groups excluding carboxylic acids is 1. The van der Waals surface area contributed by atoms with E-state index in [2.05, 4.69) is 9.71 Å². The molecule has 2 rings (SSSR count). The zero-order chi connectivity index (χ0) is 19.3. The van der Waals surface area contributed by atoms with Gasteiger partial charge in [-0.2, -0.15) is 8.42 Å². The fraction of sp³-hybridized carbons (Fsp3) is 0.176. The van der Waals surface area contributed by atoms with Gasteiger partial charge in [0, 0.05) is 31.2 Å². The summed E-state index contributed by atoms with van der Waals surface area (Å²) in [7, 11) is -0.745. The first-order valence-electron chi connectivity index (χ1n) is 7.49. The van der Waals surface area contributed by atoms with Gasteiger partial charge in [0.1, 0.15) is 11.2 Å². The lowest BCUT2D eigenvalue weighted by atomic mass is 10.2. The normalized spacial score (nSPS) is 11.5. The summed E-state index contributed by atoms with van der Waals surface area (Å²) in [4.78, 5) is 13.6. The Morgan fingerprint density at radius 2 is 1.85 bits per heavy atom. The minimum Gasteiger partial charge on any atom is -0.368 e. The summed E-state index contributed by atoms with van der Waals surface area (Å²) in [6.07, 6.45) is 1.15. The first-order chi connectivity index (χ1) is 12.2. The van der Waals surface area contributed by atoms with E-state index < -0.39 is 15.9 Å². The molecule has 2 aromatic carbocycles. The molecule has 0 radical (unpaired) electrons. The maximum Gasteiger partial charge on any atom is 0.285 e. The Bertz CT molecular complexity index is 944. The van der Waals surface area contributed by atoms with E-state index in [1.54, 1.807) is 32.3 Å². The van der Waals surface area contributed by atoms with E-state index in [0.717, 1.165) is 11.9 Å². The van der Waals surface area contributed by atoms with Crippen LogP contribution in [-0.4, -0.2) is 39.7 Å². The van der Waals surface area contributed by atoms with Crippen LogP contribution in [0.3, 0.4) is 0 Å². The second-order valence-electron chi connectivity index (χ2n) is 5.58. The Balaban J connectivity index is 2.23. The van der Waals surface area contributed by atoms with Gasteiger partial charge in [-0.3, -0.25) is 4.79 Å². The summed E-state index contributed by atoms with van der Waals surface area (Å²) < 4.78 is 28.1. The van der Waals surface area contributed by atoms with Gasteiger partial charge in [-0.05, 0) is 29.8 Å². The Hall–Kier alpha value is -2.09. The molecule has 0 bridgehead atoms. The van der Waals surface area contributed by atoms with Gasteiger partial charge in [0.25, 0.3) is 15.9 Å². The number of amides is 1. The van der Waals surface area contributed by atoms with Crippen LogP contribution in [0.5, 0.6) is 0 Å². The summed E-state index contributed by atoms with van der Waals surface area (Å²) in [5, 5.41) is 3.22. The highest BCUT2D eigenvalue weighted by molar-refractivity contribution is 7.90. The zero-order valence-electron chi connectivity index (χ0n) is 14.1. The zero-order valence-corrected chi connectivity index (χ0v) is 16.4. The molecule has 1 amide bonds. The number of rotatable bonds is 6. The minimum absolute atomic E-state index is 0.0106. The molecule has 0 aliphatic heterocycles. The third kappa shape index (κ3) is 5.20. The number of sulfonamides is 1. The molecule has 0 aliphatic carbocycles. The summed E-state index contributed by atoms with van der Waals surface area (Å²) in [6.45, 7) is 0.210. The molecule has 2 aromatic rings. The van der Waals surface area contributed by atoms with Crippen LogP contribution in [0.25, 0.3) is 0 Å². The first-order valence-corrected chi connectivity index (χ1v) is 9.68. The van der Waals surface area contributed by atoms with Gasteiger partial charge >= 0.3 is 0 Å². The molecule has 0 aliphatic rings. The number of hydrogen-bond acceptors (Lipinski definition) is 3. The maximum absolute atomic E-state index is 12.3. The van der Waals surface area contributed by atoms with E-state index in [9.17, 15) is 13.2 Å². The molecular weight excluding hydrogens is 397 g/mol. The molecule has 0 spiro atoms. The van der Waals surface area contributed by atoms with Crippen LogP contribution in [0, 0.1) is 0 Å². The van der Waals surface area contributed by atoms with Gasteiger partial charge in [0.2, 0.25) is 0 Å². The van der Waals surface area contributed by atoms with Crippen LogP contribution < -0.4 is 5.32 Å². The Morgan fingerprint density at radius 1 is 1.15 bits per heavy atom. The SMILES string of the molecule is CN(C)C=NS(=O)(=O)c1cc(C(=O)NCc2ccccc2Cl)ccc1Cl. The highest BCUT2D eigenvalue weighted by Gasteiger charge is 2.19. The van der Waals surface area contributed by atoms with Crippen molar-refractivity contribution in [2.75, 3.05) is 14.1 Å². The number of halogens is 2. The lowest BCUT2D eigenvalue weighted by molar-refractivity contribution is 0.0950. The maximum atomic E-state index is 12.3. The highest BCUT2D eigenvalue weighted by atomic mass is 35.5. The topological polar surface area (TPSA) is 78.8 Å². The molecule has 0 unspecified atom stereocenters. The largest absolute Gasteiger partial charge is 0.368 e. The van der Waals surface area contributed by atoms with Crippen LogP contribution in [0.15, 0.2) is 51.8 Å². The Morgan fingerprint density at radius 3 is 2.50 bits per heavy atom. The number of nitrogens with zero attached hydrogens (tertiary/aromatic N) is 2. The van der Waals surface area contributed by atoms with E-state index in [1.807, 2.05) is 6.07 Å². The molecule has 0 heterocycles. The van der Waals surface area contributed by atoms with E-state index >= 15 is 0 Å². The van der Waals surface area contributed by atoms with Gasteiger partial charge in [0.15, 0.2) is 0 Å². The second-order valence-corrected chi connectivity index (χ2v) is 7.99. The van der Waals surface area contributed by atoms with Crippen LogP contribution in [0.1, 0.15) is 15.9 Å². The van der Waals surface area contributed by atoms with Crippen molar-refractivity contribution in [2.45, 2.75) is 11.4 Å². The lowest BCUT2D eigenvalue weighted by Gasteiger charge is -2.09. The molecule has 138 valence electrons. The fourth-order valence-corrected chi connectivity index (χ4v) is 3.60. The quantitative estimate of drug-likeness (QED) is 0.582. The lowest BCUT2D eigenvalue weighted by Crippen LogP contribution is -2.23. The van der Waals surface area contributed by atoms with Crippen LogP contribution in [-0.2, 0) is 16.6 Å². The predicted molar refractivity (Wildman–Crippen MR) is 103 cm³/mol. The average Bonchev–Trinajstić information content (AvgIpc) is 2.59. The van der Waals surface area contributed by atoms with Crippen molar-refractivity contribution in [1.82, 2.24) is 10.2 Å². The second kappa shape index (κ2) is 8.53. The smallest absolute Gasteiger partial charge is 0.285 e. The van der Waals surface area contributed by atoms with E-state index in [-0.39, 0.29) is 22.0 Å². The number of carbonyl (C=O) groups is 1. The van der Waals surface area contributed by atoms with Gasteiger partial charge in [-0.25, -0.2) is 0 Å². The van der Waals surface area contributed by atoms with E-state index in [1.165, 1.54) is 23.1 Å². The molecule has 1 N–H and O–H groups in total. The number of nitrogens with one attached hydrogen (secondary N) is 1. The summed E-state index contributed by atoms with van der Waals surface area (Å²) in [5.41, 5.74) is 0.903. The van der Waals surface area contributed by atoms with Crippen molar-refractivity contribution < 1.29 is 13.2 Å². The van der Waals surface area contributed by atoms with Gasteiger partial charge < -0.3 is 10.2 Å². The number of hydrogen-bond donors (Lipinski definition) is 1. The van der Waals surface area contributed by atoms with Crippen molar-refractivity contribution in [3.05, 3.63) is 63.6 Å². The van der Waals surface area contributed by atoms with Gasteiger partial charge in [-0.1, -0.05) is 41.4 Å². The van der Waals surface area contributed by atoms with Gasteiger partial charge in [0.05, 0.1) is 5.02 Å². The fourth-order valence-electron chi connectivity index (χ4n) is 1.97. The third-order valence-electron chi connectivity index (χ3n) is 3.29. The van der Waals surface area contributed by atoms with Crippen LogP contribution in [0.4, 0.5) is 0 Å². The summed E-state index contributed by atoms with van der Waals surface area (Å²) >= 11 is 12.0. The summed E-state index contributed by atoms with van der Waals surface area (Å²) in [5.74, 6) is -0.449. The van der Waals surface area contributed by atoms with Crippen molar-refractivity contribution in [3.63, 3.8) is 0 Å². The molecular formula is C17H17Cl2N3O3S. The predicted octanol–water partition coefficient (Wildman–Crippen LogP) is 3.20. The molecule has 0 saturated heterocycles. The third-order valence-corrected chi connectivity index (χ3v) is 5.36. The molecule has 0 atom stereocenters. The highest BCUT2D eigenvalue weighted by Crippen LogP contribution is 2.24. The van der Waals surface area contributed by atoms with Crippen LogP contribution in [0.2, 0.25) is 10.0 Å².